The summed E-state index contributed by atoms with van der Waals surface area (Å²) in [4.78, 5) is 0. The fourth-order valence-electron chi connectivity index (χ4n) is 2.07. The van der Waals surface area contributed by atoms with E-state index in [0.29, 0.717) is 6.10 Å². The quantitative estimate of drug-likeness (QED) is 0.851. The first kappa shape index (κ1) is 10.1. The zero-order valence-electron chi connectivity index (χ0n) is 9.21. The van der Waals surface area contributed by atoms with Crippen molar-refractivity contribution >= 4 is 0 Å². The highest BCUT2D eigenvalue weighted by molar-refractivity contribution is 5.42. The Labute approximate surface area is 94.6 Å². The van der Waals surface area contributed by atoms with Gasteiger partial charge in [0, 0.05) is 11.1 Å². The first-order chi connectivity index (χ1) is 7.67. The van der Waals surface area contributed by atoms with Crippen molar-refractivity contribution < 1.29 is 9.13 Å². The number of halogens is 1. The zero-order chi connectivity index (χ0) is 11.2. The number of hydrogen-bond acceptors (Lipinski definition) is 2. The SMILES string of the molecule is NC1(c2cc(F)ccc2OC2CCC2)CC1. The molecule has 0 radical (unpaired) electrons. The molecule has 3 heteroatoms. The van der Waals surface area contributed by atoms with E-state index in [9.17, 15) is 4.39 Å². The smallest absolute Gasteiger partial charge is 0.124 e. The largest absolute Gasteiger partial charge is 0.490 e. The first-order valence-corrected chi connectivity index (χ1v) is 5.93. The van der Waals surface area contributed by atoms with Crippen molar-refractivity contribution in [1.29, 1.82) is 0 Å². The van der Waals surface area contributed by atoms with E-state index >= 15 is 0 Å². The highest BCUT2D eigenvalue weighted by Gasteiger charge is 2.42. The van der Waals surface area contributed by atoms with Crippen LogP contribution in [0.4, 0.5) is 4.39 Å². The molecule has 0 saturated heterocycles. The molecule has 2 N–H and O–H groups in total. The van der Waals surface area contributed by atoms with Crippen LogP contribution in [0, 0.1) is 5.82 Å². The van der Waals surface area contributed by atoms with Gasteiger partial charge >= 0.3 is 0 Å². The van der Waals surface area contributed by atoms with Crippen LogP contribution < -0.4 is 10.5 Å². The number of benzene rings is 1. The molecule has 0 aromatic heterocycles. The van der Waals surface area contributed by atoms with Crippen LogP contribution in [0.1, 0.15) is 37.7 Å². The standard InChI is InChI=1S/C13H16FNO/c14-9-4-5-12(16-10-2-1-3-10)11(8-9)13(15)6-7-13/h4-5,8,10H,1-3,6-7,15H2. The second-order valence-corrected chi connectivity index (χ2v) is 4.97. The number of rotatable bonds is 3. The van der Waals surface area contributed by atoms with Gasteiger partial charge in [0.05, 0.1) is 6.10 Å². The molecule has 2 saturated carbocycles. The highest BCUT2D eigenvalue weighted by Crippen LogP contribution is 2.47. The molecule has 1 aromatic rings. The lowest BCUT2D eigenvalue weighted by atomic mass is 9.95. The van der Waals surface area contributed by atoms with Crippen LogP contribution >= 0.6 is 0 Å². The number of nitrogens with two attached hydrogens (primary N) is 1. The highest BCUT2D eigenvalue weighted by atomic mass is 19.1. The maximum atomic E-state index is 13.2. The van der Waals surface area contributed by atoms with Gasteiger partial charge in [-0.2, -0.15) is 0 Å². The second-order valence-electron chi connectivity index (χ2n) is 4.97. The average Bonchev–Trinajstić information content (AvgIpc) is 2.93. The van der Waals surface area contributed by atoms with Gasteiger partial charge in [-0.3, -0.25) is 0 Å². The van der Waals surface area contributed by atoms with Gasteiger partial charge in [0.1, 0.15) is 11.6 Å². The summed E-state index contributed by atoms with van der Waals surface area (Å²) in [6.45, 7) is 0. The fraction of sp³-hybridized carbons (Fsp3) is 0.538. The van der Waals surface area contributed by atoms with Crippen LogP contribution in [0.2, 0.25) is 0 Å². The molecule has 86 valence electrons. The predicted molar refractivity (Wildman–Crippen MR) is 59.8 cm³/mol. The van der Waals surface area contributed by atoms with E-state index in [-0.39, 0.29) is 11.4 Å². The van der Waals surface area contributed by atoms with Crippen molar-refractivity contribution in [1.82, 2.24) is 0 Å². The Bertz CT molecular complexity index is 410. The molecule has 2 aliphatic carbocycles. The van der Waals surface area contributed by atoms with Crippen LogP contribution in [-0.4, -0.2) is 6.10 Å². The molecule has 3 rings (SSSR count). The topological polar surface area (TPSA) is 35.2 Å². The van der Waals surface area contributed by atoms with Crippen LogP contribution in [-0.2, 0) is 5.54 Å². The Morgan fingerprint density at radius 1 is 1.31 bits per heavy atom. The molecule has 2 aliphatic rings. The molecule has 0 heterocycles. The summed E-state index contributed by atoms with van der Waals surface area (Å²) < 4.78 is 19.1. The molecular formula is C13H16FNO. The van der Waals surface area contributed by atoms with E-state index in [1.54, 1.807) is 6.07 Å². The van der Waals surface area contributed by atoms with Gasteiger partial charge in [0.25, 0.3) is 0 Å². The molecule has 0 bridgehead atoms. The van der Waals surface area contributed by atoms with E-state index < -0.39 is 0 Å². The Morgan fingerprint density at radius 3 is 2.62 bits per heavy atom. The number of hydrogen-bond donors (Lipinski definition) is 1. The summed E-state index contributed by atoms with van der Waals surface area (Å²) in [5.74, 6) is 0.554. The molecule has 0 amide bonds. The maximum absolute atomic E-state index is 13.2. The van der Waals surface area contributed by atoms with Gasteiger partial charge in [-0.05, 0) is 50.3 Å². The van der Waals surface area contributed by atoms with Crippen molar-refractivity contribution in [2.45, 2.75) is 43.7 Å². The van der Waals surface area contributed by atoms with E-state index in [4.69, 9.17) is 10.5 Å². The van der Waals surface area contributed by atoms with E-state index in [0.717, 1.165) is 37.0 Å². The Balaban J connectivity index is 1.89. The van der Waals surface area contributed by atoms with Crippen molar-refractivity contribution in [3.63, 3.8) is 0 Å². The molecular weight excluding hydrogens is 205 g/mol. The molecule has 2 nitrogen and oxygen atoms in total. The van der Waals surface area contributed by atoms with Gasteiger partial charge in [-0.25, -0.2) is 4.39 Å². The third-order valence-corrected chi connectivity index (χ3v) is 3.61. The van der Waals surface area contributed by atoms with Crippen LogP contribution in [0.3, 0.4) is 0 Å². The van der Waals surface area contributed by atoms with E-state index in [1.807, 2.05) is 0 Å². The van der Waals surface area contributed by atoms with Crippen molar-refractivity contribution in [2.24, 2.45) is 5.73 Å². The summed E-state index contributed by atoms with van der Waals surface area (Å²) >= 11 is 0. The Hall–Kier alpha value is -1.09. The average molecular weight is 221 g/mol. The second kappa shape index (κ2) is 3.45. The minimum absolute atomic E-state index is 0.229. The molecule has 16 heavy (non-hydrogen) atoms. The molecule has 0 aliphatic heterocycles. The minimum atomic E-state index is -0.332. The lowest BCUT2D eigenvalue weighted by Crippen LogP contribution is -2.27. The van der Waals surface area contributed by atoms with Crippen molar-refractivity contribution in [2.75, 3.05) is 0 Å². The normalized spacial score (nSPS) is 22.6. The molecule has 1 aromatic carbocycles. The van der Waals surface area contributed by atoms with Crippen molar-refractivity contribution in [3.05, 3.63) is 29.6 Å². The van der Waals surface area contributed by atoms with Gasteiger partial charge in [-0.15, -0.1) is 0 Å². The third kappa shape index (κ3) is 1.69. The summed E-state index contributed by atoms with van der Waals surface area (Å²) in [5.41, 5.74) is 6.64. The summed E-state index contributed by atoms with van der Waals surface area (Å²) in [6, 6.07) is 4.69. The summed E-state index contributed by atoms with van der Waals surface area (Å²) in [5, 5.41) is 0. The van der Waals surface area contributed by atoms with Gasteiger partial charge < -0.3 is 10.5 Å². The molecule has 0 unspecified atom stereocenters. The summed E-state index contributed by atoms with van der Waals surface area (Å²) in [6.07, 6.45) is 5.61. The zero-order valence-corrected chi connectivity index (χ0v) is 9.21. The maximum Gasteiger partial charge on any atom is 0.124 e. The predicted octanol–water partition coefficient (Wildman–Crippen LogP) is 2.70. The fourth-order valence-corrected chi connectivity index (χ4v) is 2.07. The Morgan fingerprint density at radius 2 is 2.06 bits per heavy atom. The van der Waals surface area contributed by atoms with E-state index in [2.05, 4.69) is 0 Å². The van der Waals surface area contributed by atoms with E-state index in [1.165, 1.54) is 18.6 Å². The number of ether oxygens (including phenoxy) is 1. The van der Waals surface area contributed by atoms with Gasteiger partial charge in [0.15, 0.2) is 0 Å². The monoisotopic (exact) mass is 221 g/mol. The summed E-state index contributed by atoms with van der Waals surface area (Å²) in [7, 11) is 0. The van der Waals surface area contributed by atoms with Gasteiger partial charge in [0.2, 0.25) is 0 Å². The molecule has 2 fully saturated rings. The molecule has 0 spiro atoms. The lowest BCUT2D eigenvalue weighted by molar-refractivity contribution is 0.118. The van der Waals surface area contributed by atoms with Crippen molar-refractivity contribution in [3.8, 4) is 5.75 Å². The minimum Gasteiger partial charge on any atom is -0.490 e. The Kier molecular flexibility index (Phi) is 2.18. The third-order valence-electron chi connectivity index (χ3n) is 3.61. The lowest BCUT2D eigenvalue weighted by Gasteiger charge is -2.28. The van der Waals surface area contributed by atoms with Crippen LogP contribution in [0.5, 0.6) is 5.75 Å². The van der Waals surface area contributed by atoms with Gasteiger partial charge in [-0.1, -0.05) is 0 Å². The van der Waals surface area contributed by atoms with Crippen LogP contribution in [0.25, 0.3) is 0 Å². The van der Waals surface area contributed by atoms with Crippen LogP contribution in [0.15, 0.2) is 18.2 Å². The molecule has 0 atom stereocenters. The first-order valence-electron chi connectivity index (χ1n) is 5.93.